The molecular weight excluding hydrogens is 823 g/mol. The summed E-state index contributed by atoms with van der Waals surface area (Å²) >= 11 is 0. The molecule has 1 heterocycles. The summed E-state index contributed by atoms with van der Waals surface area (Å²) in [5.41, 5.74) is 2.87. The summed E-state index contributed by atoms with van der Waals surface area (Å²) in [6.45, 7) is 7.51. The van der Waals surface area contributed by atoms with Crippen LogP contribution in [0.4, 0.5) is 0 Å². The van der Waals surface area contributed by atoms with Crippen molar-refractivity contribution in [2.24, 2.45) is 11.8 Å². The number of carbonyl (C=O) groups is 8. The van der Waals surface area contributed by atoms with E-state index in [0.29, 0.717) is 24.0 Å². The van der Waals surface area contributed by atoms with Crippen molar-refractivity contribution in [1.82, 2.24) is 36.5 Å². The van der Waals surface area contributed by atoms with E-state index >= 15 is 0 Å². The lowest BCUT2D eigenvalue weighted by Crippen LogP contribution is -2.61. The predicted molar refractivity (Wildman–Crippen MR) is 238 cm³/mol. The first kappa shape index (κ1) is 49.6. The van der Waals surface area contributed by atoms with E-state index in [9.17, 15) is 48.6 Å². The van der Waals surface area contributed by atoms with E-state index in [0.717, 1.165) is 16.5 Å². The smallest absolute Gasteiger partial charge is 0.326 e. The number of aliphatic carboxylic acids is 2. The zero-order valence-corrected chi connectivity index (χ0v) is 36.8. The summed E-state index contributed by atoms with van der Waals surface area (Å²) < 4.78 is 0. The Morgan fingerprint density at radius 2 is 1.17 bits per heavy atom. The Morgan fingerprint density at radius 3 is 1.73 bits per heavy atom. The topological polar surface area (TPSA) is 256 Å². The third-order valence-electron chi connectivity index (χ3n) is 11.2. The van der Waals surface area contributed by atoms with E-state index in [1.165, 1.54) is 11.8 Å². The fraction of sp³-hybridized carbons (Fsp3) is 0.404. The van der Waals surface area contributed by atoms with Gasteiger partial charge in [0, 0.05) is 43.4 Å². The Morgan fingerprint density at radius 1 is 0.625 bits per heavy atom. The fourth-order valence-corrected chi connectivity index (χ4v) is 7.21. The Labute approximate surface area is 372 Å². The summed E-state index contributed by atoms with van der Waals surface area (Å²) in [5, 5.41) is 33.7. The third-order valence-corrected chi connectivity index (χ3v) is 11.2. The maximum absolute atomic E-state index is 14.1. The second kappa shape index (κ2) is 24.0. The SMILES string of the molecule is CCC(C)C(NC(=O)C(CC(=O)O)NC(=O)CN(Cc1ccccc1)C(=O)C(Cc1ccccc1)NC(C)=O)C(=O)NC(C(=O)NC(Cc1c[nH]c2ccccc12)C(=O)O)C(C)CC. The second-order valence-corrected chi connectivity index (χ2v) is 16.0. The van der Waals surface area contributed by atoms with Crippen LogP contribution < -0.4 is 26.6 Å². The zero-order valence-electron chi connectivity index (χ0n) is 36.8. The number of aromatic nitrogens is 1. The first-order valence-electron chi connectivity index (χ1n) is 21.3. The van der Waals surface area contributed by atoms with Crippen LogP contribution in [0.1, 0.15) is 70.6 Å². The highest BCUT2D eigenvalue weighted by Gasteiger charge is 2.36. The minimum Gasteiger partial charge on any atom is -0.481 e. The molecule has 7 atom stereocenters. The lowest BCUT2D eigenvalue weighted by Gasteiger charge is -2.31. The molecule has 0 radical (unpaired) electrons. The molecule has 0 spiro atoms. The van der Waals surface area contributed by atoms with E-state index in [4.69, 9.17) is 0 Å². The standard InChI is InChI=1S/C47H59N7O10/c1-6-28(3)41(44(60)51-38(47(63)64)23-33-25-48-35-21-15-14-20-34(33)35)53-45(61)42(29(4)7-2)52-43(59)36(24-40(57)58)50-39(56)27-54(26-32-18-12-9-13-19-32)46(62)37(49-30(5)55)22-31-16-10-8-11-17-31/h8-21,25,28-29,36-38,41-42,48H,6-7,22-24,26-27H2,1-5H3,(H,49,55)(H,50,56)(H,51,60)(H,52,59)(H,53,61)(H,57,58)(H,63,64). The van der Waals surface area contributed by atoms with Gasteiger partial charge in [0.2, 0.25) is 35.4 Å². The molecule has 1 aromatic heterocycles. The van der Waals surface area contributed by atoms with Gasteiger partial charge in [-0.05, 0) is 34.6 Å². The molecule has 0 saturated heterocycles. The molecule has 0 fully saturated rings. The van der Waals surface area contributed by atoms with Gasteiger partial charge in [-0.25, -0.2) is 4.79 Å². The van der Waals surface area contributed by atoms with Gasteiger partial charge >= 0.3 is 11.9 Å². The van der Waals surface area contributed by atoms with E-state index in [1.807, 2.05) is 30.3 Å². The molecule has 0 bridgehead atoms. The molecule has 4 rings (SSSR count). The van der Waals surface area contributed by atoms with Gasteiger partial charge in [0.25, 0.3) is 0 Å². The minimum atomic E-state index is -1.71. The molecule has 4 aromatic rings. The van der Waals surface area contributed by atoms with Crippen LogP contribution in [0.5, 0.6) is 0 Å². The molecule has 342 valence electrons. The molecule has 6 amide bonds. The van der Waals surface area contributed by atoms with Gasteiger partial charge in [0.1, 0.15) is 30.2 Å². The van der Waals surface area contributed by atoms with Crippen LogP contribution in [-0.4, -0.2) is 104 Å². The average molecular weight is 882 g/mol. The third kappa shape index (κ3) is 14.5. The number of fused-ring (bicyclic) bond motifs is 1. The quantitative estimate of drug-likeness (QED) is 0.0511. The maximum atomic E-state index is 14.1. The van der Waals surface area contributed by atoms with Crippen LogP contribution in [0.25, 0.3) is 10.9 Å². The number of rotatable bonds is 24. The molecule has 0 aliphatic rings. The van der Waals surface area contributed by atoms with E-state index in [2.05, 4.69) is 31.6 Å². The van der Waals surface area contributed by atoms with Crippen molar-refractivity contribution in [3.8, 4) is 0 Å². The number of amides is 6. The van der Waals surface area contributed by atoms with Crippen LogP contribution in [0.3, 0.4) is 0 Å². The van der Waals surface area contributed by atoms with Crippen molar-refractivity contribution < 1.29 is 48.6 Å². The van der Waals surface area contributed by atoms with Gasteiger partial charge in [0.05, 0.1) is 13.0 Å². The zero-order chi connectivity index (χ0) is 46.9. The summed E-state index contributed by atoms with van der Waals surface area (Å²) in [4.78, 5) is 111. The summed E-state index contributed by atoms with van der Waals surface area (Å²) in [5.74, 6) is -8.27. The molecule has 0 aliphatic heterocycles. The molecule has 0 aliphatic carbocycles. The van der Waals surface area contributed by atoms with Crippen LogP contribution in [0.15, 0.2) is 91.1 Å². The molecule has 3 aromatic carbocycles. The second-order valence-electron chi connectivity index (χ2n) is 16.0. The fourth-order valence-electron chi connectivity index (χ4n) is 7.21. The van der Waals surface area contributed by atoms with Crippen LogP contribution in [0.2, 0.25) is 0 Å². The number of nitrogens with zero attached hydrogens (tertiary/aromatic N) is 1. The minimum absolute atomic E-state index is 0.0454. The summed E-state index contributed by atoms with van der Waals surface area (Å²) in [6.07, 6.45) is 1.63. The summed E-state index contributed by atoms with van der Waals surface area (Å²) in [7, 11) is 0. The van der Waals surface area contributed by atoms with Gasteiger partial charge < -0.3 is 46.7 Å². The number of benzene rings is 3. The Bertz CT molecular complexity index is 2250. The highest BCUT2D eigenvalue weighted by atomic mass is 16.4. The molecular formula is C47H59N7O10. The van der Waals surface area contributed by atoms with E-state index < -0.39 is 102 Å². The van der Waals surface area contributed by atoms with E-state index in [1.54, 1.807) is 88.5 Å². The largest absolute Gasteiger partial charge is 0.481 e. The Kier molecular flexibility index (Phi) is 18.6. The number of carboxylic acid groups (broad SMARTS) is 2. The van der Waals surface area contributed by atoms with Crippen LogP contribution >= 0.6 is 0 Å². The highest BCUT2D eigenvalue weighted by molar-refractivity contribution is 5.97. The number of carboxylic acids is 2. The number of aromatic amines is 1. The predicted octanol–water partition coefficient (Wildman–Crippen LogP) is 3.08. The lowest BCUT2D eigenvalue weighted by atomic mass is 9.94. The first-order valence-corrected chi connectivity index (χ1v) is 21.3. The van der Waals surface area contributed by atoms with Crippen molar-refractivity contribution in [3.05, 3.63) is 108 Å². The normalized spacial score (nSPS) is 14.3. The molecule has 17 nitrogen and oxygen atoms in total. The highest BCUT2D eigenvalue weighted by Crippen LogP contribution is 2.20. The van der Waals surface area contributed by atoms with Crippen molar-refractivity contribution in [2.75, 3.05) is 6.54 Å². The number of carbonyl (C=O) groups excluding carboxylic acids is 6. The van der Waals surface area contributed by atoms with Crippen LogP contribution in [0, 0.1) is 11.8 Å². The number of hydrogen-bond donors (Lipinski definition) is 8. The molecule has 64 heavy (non-hydrogen) atoms. The molecule has 0 saturated carbocycles. The molecule has 8 N–H and O–H groups in total. The first-order chi connectivity index (χ1) is 30.5. The number of para-hydroxylation sites is 1. The van der Waals surface area contributed by atoms with Gasteiger partial charge in [-0.3, -0.25) is 33.6 Å². The number of H-pyrrole nitrogens is 1. The van der Waals surface area contributed by atoms with Gasteiger partial charge in [0.15, 0.2) is 0 Å². The number of hydrogen-bond acceptors (Lipinski definition) is 8. The number of nitrogens with one attached hydrogen (secondary N) is 6. The van der Waals surface area contributed by atoms with E-state index in [-0.39, 0.29) is 19.4 Å². The molecule has 7 unspecified atom stereocenters. The van der Waals surface area contributed by atoms with Crippen molar-refractivity contribution in [3.63, 3.8) is 0 Å². The van der Waals surface area contributed by atoms with Gasteiger partial charge in [-0.15, -0.1) is 0 Å². The summed E-state index contributed by atoms with van der Waals surface area (Å²) in [6, 6.07) is 18.4. The van der Waals surface area contributed by atoms with Crippen molar-refractivity contribution in [1.29, 1.82) is 0 Å². The Balaban J connectivity index is 1.52. The van der Waals surface area contributed by atoms with Crippen LogP contribution in [-0.2, 0) is 57.7 Å². The van der Waals surface area contributed by atoms with Crippen molar-refractivity contribution in [2.45, 2.75) is 103 Å². The van der Waals surface area contributed by atoms with Crippen molar-refractivity contribution >= 4 is 58.3 Å². The molecule has 17 heteroatoms. The average Bonchev–Trinajstić information content (AvgIpc) is 3.68. The van der Waals surface area contributed by atoms with Gasteiger partial charge in [-0.2, -0.15) is 0 Å². The monoisotopic (exact) mass is 881 g/mol. The Hall–Kier alpha value is -7.04. The lowest BCUT2D eigenvalue weighted by molar-refractivity contribution is -0.143. The van der Waals surface area contributed by atoms with Gasteiger partial charge in [-0.1, -0.05) is 119 Å². The maximum Gasteiger partial charge on any atom is 0.326 e.